The maximum absolute atomic E-state index is 12.5. The first kappa shape index (κ1) is 21.5. The summed E-state index contributed by atoms with van der Waals surface area (Å²) in [5, 5.41) is 0. The summed E-state index contributed by atoms with van der Waals surface area (Å²) < 4.78 is 1.41. The van der Waals surface area contributed by atoms with E-state index in [1.807, 2.05) is 33.8 Å². The summed E-state index contributed by atoms with van der Waals surface area (Å²) in [7, 11) is 1.77. The van der Waals surface area contributed by atoms with Crippen molar-refractivity contribution in [3.63, 3.8) is 0 Å². The number of nitrogens with two attached hydrogens (primary N) is 1. The first-order valence-electron chi connectivity index (χ1n) is 9.54. The van der Waals surface area contributed by atoms with Crippen molar-refractivity contribution in [2.24, 2.45) is 0 Å². The lowest BCUT2D eigenvalue weighted by Crippen LogP contribution is -2.37. The number of hydrogen-bond acceptors (Lipinski definition) is 5. The smallest absolute Gasteiger partial charge is 0.330 e. The van der Waals surface area contributed by atoms with E-state index in [2.05, 4.69) is 4.98 Å². The summed E-state index contributed by atoms with van der Waals surface area (Å²) in [5.41, 5.74) is 10.1. The summed E-state index contributed by atoms with van der Waals surface area (Å²) in [5.74, 6) is 0.184. The summed E-state index contributed by atoms with van der Waals surface area (Å²) in [6.07, 6.45) is 1.70. The lowest BCUT2D eigenvalue weighted by Gasteiger charge is -2.25. The van der Waals surface area contributed by atoms with Gasteiger partial charge in [-0.2, -0.15) is 0 Å². The Morgan fingerprint density at radius 1 is 1.21 bits per heavy atom. The molecule has 0 aliphatic rings. The molecule has 0 aliphatic heterocycles. The molecule has 28 heavy (non-hydrogen) atoms. The second kappa shape index (κ2) is 8.46. The lowest BCUT2D eigenvalue weighted by atomic mass is 9.91. The molecule has 2 aromatic rings. The van der Waals surface area contributed by atoms with Crippen LogP contribution in [0.2, 0.25) is 0 Å². The minimum atomic E-state index is -0.507. The zero-order chi connectivity index (χ0) is 21.2. The van der Waals surface area contributed by atoms with Crippen molar-refractivity contribution < 1.29 is 4.79 Å². The number of Topliss-reactive ketones (excluding diaryl/α,β-unsaturated/α-hetero) is 1. The highest BCUT2D eigenvalue weighted by Gasteiger charge is 2.20. The molecule has 0 atom stereocenters. The molecule has 0 aliphatic carbocycles. The summed E-state index contributed by atoms with van der Waals surface area (Å²) >= 11 is 0. The number of rotatable bonds is 7. The molecule has 1 aromatic carbocycles. The van der Waals surface area contributed by atoms with Crippen LogP contribution < -0.4 is 21.9 Å². The van der Waals surface area contributed by atoms with E-state index < -0.39 is 11.2 Å². The molecule has 0 saturated carbocycles. The second-order valence-electron chi connectivity index (χ2n) is 7.40. The second-order valence-corrected chi connectivity index (χ2v) is 7.40. The first-order valence-corrected chi connectivity index (χ1v) is 9.54. The number of carbonyl (C=O) groups is 1. The number of aromatic amines is 1. The molecule has 7 heteroatoms. The third-order valence-corrected chi connectivity index (χ3v) is 5.21. The fourth-order valence-corrected chi connectivity index (χ4v) is 3.81. The van der Waals surface area contributed by atoms with Crippen LogP contribution in [0, 0.1) is 20.8 Å². The highest BCUT2D eigenvalue weighted by molar-refractivity contribution is 5.97. The molecular formula is C21H30N4O3. The Kier molecular flexibility index (Phi) is 6.48. The molecule has 0 saturated heterocycles. The number of H-pyrrole nitrogens is 1. The van der Waals surface area contributed by atoms with E-state index in [1.54, 1.807) is 18.9 Å². The Labute approximate surface area is 165 Å². The third-order valence-electron chi connectivity index (χ3n) is 5.21. The van der Waals surface area contributed by atoms with Crippen LogP contribution in [-0.2, 0) is 13.1 Å². The van der Waals surface area contributed by atoms with Crippen LogP contribution in [-0.4, -0.2) is 22.4 Å². The number of nitrogen functional groups attached to an aromatic ring is 1. The third kappa shape index (κ3) is 4.03. The van der Waals surface area contributed by atoms with Crippen molar-refractivity contribution in [1.29, 1.82) is 0 Å². The van der Waals surface area contributed by atoms with Crippen LogP contribution in [0.5, 0.6) is 0 Å². The normalized spacial score (nSPS) is 10.9. The fraction of sp³-hybridized carbons (Fsp3) is 0.476. The number of benzene rings is 1. The van der Waals surface area contributed by atoms with Gasteiger partial charge in [0.05, 0.1) is 0 Å². The van der Waals surface area contributed by atoms with Gasteiger partial charge in [-0.25, -0.2) is 4.79 Å². The number of aromatic nitrogens is 2. The summed E-state index contributed by atoms with van der Waals surface area (Å²) in [4.78, 5) is 40.8. The maximum Gasteiger partial charge on any atom is 0.330 e. The van der Waals surface area contributed by atoms with Crippen LogP contribution in [0.15, 0.2) is 15.7 Å². The average Bonchev–Trinajstić information content (AvgIpc) is 2.57. The van der Waals surface area contributed by atoms with Crippen molar-refractivity contribution in [1.82, 2.24) is 9.55 Å². The molecule has 0 radical (unpaired) electrons. The van der Waals surface area contributed by atoms with Crippen molar-refractivity contribution in [2.45, 2.75) is 60.5 Å². The number of hydrogen-bond donors (Lipinski definition) is 2. The molecule has 2 rings (SSSR count). The van der Waals surface area contributed by atoms with Crippen LogP contribution >= 0.6 is 0 Å². The lowest BCUT2D eigenvalue weighted by molar-refractivity contribution is 0.101. The van der Waals surface area contributed by atoms with Gasteiger partial charge in [-0.1, -0.05) is 19.4 Å². The van der Waals surface area contributed by atoms with Crippen LogP contribution in [0.3, 0.4) is 0 Å². The van der Waals surface area contributed by atoms with Gasteiger partial charge < -0.3 is 10.6 Å². The summed E-state index contributed by atoms with van der Waals surface area (Å²) in [6, 6.07) is 1.99. The molecule has 152 valence electrons. The zero-order valence-electron chi connectivity index (χ0n) is 17.6. The van der Waals surface area contributed by atoms with E-state index in [4.69, 9.17) is 5.73 Å². The Bertz CT molecular complexity index is 1020. The monoisotopic (exact) mass is 386 g/mol. The van der Waals surface area contributed by atoms with Crippen molar-refractivity contribution in [2.75, 3.05) is 17.7 Å². The number of anilines is 2. The molecule has 0 amide bonds. The van der Waals surface area contributed by atoms with E-state index in [1.165, 1.54) is 4.57 Å². The molecule has 1 aromatic heterocycles. The van der Waals surface area contributed by atoms with E-state index >= 15 is 0 Å². The number of nitrogens with one attached hydrogen (secondary N) is 1. The zero-order valence-corrected chi connectivity index (χ0v) is 17.6. The number of ketones is 1. The largest absolute Gasteiger partial charge is 0.383 e. The first-order chi connectivity index (χ1) is 13.1. The van der Waals surface area contributed by atoms with Gasteiger partial charge in [0.1, 0.15) is 11.5 Å². The van der Waals surface area contributed by atoms with Gasteiger partial charge in [0, 0.05) is 25.7 Å². The van der Waals surface area contributed by atoms with Gasteiger partial charge in [-0.05, 0) is 56.4 Å². The Balaban J connectivity index is 2.53. The topological polar surface area (TPSA) is 101 Å². The fourth-order valence-electron chi connectivity index (χ4n) is 3.81. The van der Waals surface area contributed by atoms with Crippen molar-refractivity contribution in [3.8, 4) is 0 Å². The highest BCUT2D eigenvalue weighted by atomic mass is 16.2. The van der Waals surface area contributed by atoms with Crippen molar-refractivity contribution in [3.05, 3.63) is 54.7 Å². The average molecular weight is 386 g/mol. The van der Waals surface area contributed by atoms with E-state index in [0.717, 1.165) is 35.1 Å². The van der Waals surface area contributed by atoms with Gasteiger partial charge in [0.15, 0.2) is 5.78 Å². The van der Waals surface area contributed by atoms with Crippen LogP contribution in [0.25, 0.3) is 0 Å². The van der Waals surface area contributed by atoms with Gasteiger partial charge in [0.25, 0.3) is 5.56 Å². The number of carbonyl (C=O) groups excluding carboxylic acids is 1. The van der Waals surface area contributed by atoms with Gasteiger partial charge >= 0.3 is 5.69 Å². The maximum atomic E-state index is 12.5. The number of unbranched alkanes of at least 4 members (excludes halogenated alkanes) is 1. The SMILES string of the molecule is CCCCn1c(N)c(N(C)Cc2c(C)cc(C)c(C(C)=O)c2C)c(=O)[nH]c1=O. The molecule has 0 bridgehead atoms. The Morgan fingerprint density at radius 2 is 1.86 bits per heavy atom. The minimum absolute atomic E-state index is 0.0179. The summed E-state index contributed by atoms with van der Waals surface area (Å²) in [6.45, 7) is 10.3. The van der Waals surface area contributed by atoms with Gasteiger partial charge in [0.2, 0.25) is 0 Å². The molecule has 3 N–H and O–H groups in total. The predicted molar refractivity (Wildman–Crippen MR) is 113 cm³/mol. The molecule has 7 nitrogen and oxygen atoms in total. The standard InChI is InChI=1S/C21H30N4O3/c1-7-8-9-25-19(22)18(20(27)23-21(25)28)24(6)11-16-12(2)10-13(3)17(14(16)4)15(5)26/h10H,7-9,11,22H2,1-6H3,(H,23,27,28). The molecule has 1 heterocycles. The van der Waals surface area contributed by atoms with Crippen LogP contribution in [0.4, 0.5) is 11.5 Å². The number of aryl methyl sites for hydroxylation is 2. The molecule has 0 fully saturated rings. The molecule has 0 unspecified atom stereocenters. The highest BCUT2D eigenvalue weighted by Crippen LogP contribution is 2.26. The Hall–Kier alpha value is -2.83. The van der Waals surface area contributed by atoms with Gasteiger partial charge in [-0.3, -0.25) is 19.1 Å². The molecular weight excluding hydrogens is 356 g/mol. The minimum Gasteiger partial charge on any atom is -0.383 e. The van der Waals surface area contributed by atoms with E-state index in [0.29, 0.717) is 18.7 Å². The van der Waals surface area contributed by atoms with E-state index in [-0.39, 0.29) is 17.3 Å². The number of nitrogens with zero attached hydrogens (tertiary/aromatic N) is 2. The quantitative estimate of drug-likeness (QED) is 0.713. The predicted octanol–water partition coefficient (Wildman–Crippen LogP) is 2.68. The van der Waals surface area contributed by atoms with Gasteiger partial charge in [-0.15, -0.1) is 0 Å². The Morgan fingerprint density at radius 3 is 2.43 bits per heavy atom. The molecule has 0 spiro atoms. The van der Waals surface area contributed by atoms with Crippen molar-refractivity contribution >= 4 is 17.3 Å². The van der Waals surface area contributed by atoms with E-state index in [9.17, 15) is 14.4 Å². The van der Waals surface area contributed by atoms with Crippen LogP contribution in [0.1, 0.15) is 59.3 Å².